The van der Waals surface area contributed by atoms with Gasteiger partial charge in [-0.05, 0) is 38.5 Å². The van der Waals surface area contributed by atoms with Crippen molar-refractivity contribution in [1.29, 1.82) is 0 Å². The van der Waals surface area contributed by atoms with E-state index in [4.69, 9.17) is 37.5 Å². The summed E-state index contributed by atoms with van der Waals surface area (Å²) >= 11 is 0. The highest BCUT2D eigenvalue weighted by atomic mass is 31.2. The lowest BCUT2D eigenvalue weighted by atomic mass is 9.84. The van der Waals surface area contributed by atoms with Crippen molar-refractivity contribution < 1.29 is 113 Å². The second-order valence-corrected chi connectivity index (χ2v) is 24.0. The van der Waals surface area contributed by atoms with Crippen LogP contribution < -0.4 is 0 Å². The fraction of sp³-hybridized carbons (Fsp3) is 0.931. The van der Waals surface area contributed by atoms with Gasteiger partial charge < -0.3 is 89.5 Å². The van der Waals surface area contributed by atoms with Crippen molar-refractivity contribution in [3.8, 4) is 0 Å². The van der Waals surface area contributed by atoms with Crippen molar-refractivity contribution in [2.45, 2.75) is 317 Å². The molecule has 482 valence electrons. The molecule has 0 aromatic carbocycles. The SMILES string of the molecule is CCCCCCCC/C=C\CCCCCCCC(=O)O[C@H](COC(=O)CCCCCCCCCCCCCCCCCC)COP(=O)(O)OC1C(O[C@@H]2OC(CO)[C@H](O)C(O)[C@@H]2O)C(O)C(O)C(O)[C@H]1O[C@H]1OC(CO)[C@@H](O)C(O)[C@H]1O. The summed E-state index contributed by atoms with van der Waals surface area (Å²) in [6.07, 6.45) is 1.79. The molecule has 10 unspecified atom stereocenters. The number of phosphoric acid groups is 1. The van der Waals surface area contributed by atoms with E-state index in [1.807, 2.05) is 0 Å². The van der Waals surface area contributed by atoms with E-state index < -0.39 is 150 Å². The molecule has 3 fully saturated rings. The van der Waals surface area contributed by atoms with Crippen LogP contribution in [0.15, 0.2) is 12.2 Å². The number of allylic oxidation sites excluding steroid dienone is 2. The minimum absolute atomic E-state index is 0.0385. The van der Waals surface area contributed by atoms with Gasteiger partial charge in [-0.2, -0.15) is 0 Å². The van der Waals surface area contributed by atoms with Crippen molar-refractivity contribution in [3.05, 3.63) is 12.2 Å². The Hall–Kier alpha value is -1.81. The number of esters is 2. The number of aliphatic hydroxyl groups is 11. The number of rotatable bonds is 46. The fourth-order valence-corrected chi connectivity index (χ4v) is 11.4. The van der Waals surface area contributed by atoms with Gasteiger partial charge >= 0.3 is 19.8 Å². The summed E-state index contributed by atoms with van der Waals surface area (Å²) in [6.45, 7) is 1.02. The van der Waals surface area contributed by atoms with E-state index in [1.165, 1.54) is 109 Å². The van der Waals surface area contributed by atoms with Gasteiger partial charge in [0, 0.05) is 12.8 Å². The molecule has 0 aromatic heterocycles. The van der Waals surface area contributed by atoms with E-state index in [9.17, 15) is 75.2 Å². The minimum atomic E-state index is -5.64. The Kier molecular flexibility index (Phi) is 39.0. The first-order valence-corrected chi connectivity index (χ1v) is 32.5. The third kappa shape index (κ3) is 27.9. The molecule has 0 amide bonds. The zero-order valence-electron chi connectivity index (χ0n) is 49.0. The number of hydrogen-bond donors (Lipinski definition) is 12. The van der Waals surface area contributed by atoms with Crippen LogP contribution in [-0.4, -0.2) is 204 Å². The molecule has 0 radical (unpaired) electrons. The van der Waals surface area contributed by atoms with Crippen LogP contribution in [0.3, 0.4) is 0 Å². The van der Waals surface area contributed by atoms with Crippen LogP contribution in [0, 0.1) is 0 Å². The van der Waals surface area contributed by atoms with Gasteiger partial charge in [0.25, 0.3) is 0 Å². The van der Waals surface area contributed by atoms with Gasteiger partial charge in [0.15, 0.2) is 18.7 Å². The Morgan fingerprint density at radius 2 is 0.805 bits per heavy atom. The fourth-order valence-electron chi connectivity index (χ4n) is 10.4. The van der Waals surface area contributed by atoms with Gasteiger partial charge in [0.2, 0.25) is 0 Å². The molecule has 0 spiro atoms. The number of phosphoric ester groups is 1. The quantitative estimate of drug-likeness (QED) is 0.0163. The smallest absolute Gasteiger partial charge is 0.462 e. The zero-order chi connectivity index (χ0) is 60.3. The first kappa shape index (κ1) is 74.4. The van der Waals surface area contributed by atoms with Gasteiger partial charge in [0.05, 0.1) is 19.8 Å². The zero-order valence-corrected chi connectivity index (χ0v) is 49.9. The third-order valence-corrected chi connectivity index (χ3v) is 16.6. The van der Waals surface area contributed by atoms with Crippen LogP contribution in [0.5, 0.6) is 0 Å². The van der Waals surface area contributed by atoms with Gasteiger partial charge in [-0.25, -0.2) is 4.57 Å². The number of carbonyl (C=O) groups excluding carboxylic acids is 2. The van der Waals surface area contributed by atoms with Crippen molar-refractivity contribution in [1.82, 2.24) is 0 Å². The van der Waals surface area contributed by atoms with Crippen LogP contribution >= 0.6 is 7.82 Å². The Bertz CT molecular complexity index is 1680. The molecule has 2 aliphatic heterocycles. The van der Waals surface area contributed by atoms with Gasteiger partial charge in [-0.3, -0.25) is 18.6 Å². The molecule has 1 saturated carbocycles. The van der Waals surface area contributed by atoms with Crippen molar-refractivity contribution in [2.24, 2.45) is 0 Å². The van der Waals surface area contributed by atoms with E-state index in [-0.39, 0.29) is 12.8 Å². The number of ether oxygens (including phenoxy) is 6. The molecule has 23 nitrogen and oxygen atoms in total. The van der Waals surface area contributed by atoms with Crippen molar-refractivity contribution in [2.75, 3.05) is 26.4 Å². The molecule has 3 aliphatic rings. The lowest BCUT2D eigenvalue weighted by Crippen LogP contribution is -2.69. The second-order valence-electron chi connectivity index (χ2n) is 22.6. The predicted molar refractivity (Wildman–Crippen MR) is 300 cm³/mol. The lowest BCUT2D eigenvalue weighted by Gasteiger charge is -2.49. The van der Waals surface area contributed by atoms with Gasteiger partial charge in [0.1, 0.15) is 92.1 Å². The normalized spacial score (nSPS) is 30.8. The van der Waals surface area contributed by atoms with E-state index in [1.54, 1.807) is 0 Å². The molecule has 0 aromatic rings. The van der Waals surface area contributed by atoms with Crippen LogP contribution in [0.1, 0.15) is 213 Å². The molecule has 1 aliphatic carbocycles. The molecule has 2 heterocycles. The molecule has 0 bridgehead atoms. The summed E-state index contributed by atoms with van der Waals surface area (Å²) in [7, 11) is -5.64. The maximum absolute atomic E-state index is 14.0. The van der Waals surface area contributed by atoms with Crippen LogP contribution in [0.4, 0.5) is 0 Å². The average molecular weight is 1200 g/mol. The summed E-state index contributed by atoms with van der Waals surface area (Å²) in [6, 6.07) is 0. The molecule has 24 heteroatoms. The number of aliphatic hydroxyl groups excluding tert-OH is 11. The standard InChI is InChI=1S/C58H107O23P/c1-3-5-7-9-11-13-15-17-19-21-22-24-26-28-30-32-34-43(61)74-38-40(76-44(62)35-33-31-29-27-25-23-20-18-16-14-12-10-8-6-4-2)39-75-82(72,73)81-56-54(79-57-52(70)47(65)45(63)41(36-59)77-57)50(68)49(67)51(69)55(56)80-58-53(71)48(66)46(64)42(37-60)78-58/h18,20,40-42,45-60,63-71H,3-17,19,21-39H2,1-2H3,(H,72,73)/b20-18-/t40-,41?,42?,45-,46+,47?,48?,49?,50?,51?,52-,53+,54-,55?,56?,57-,58+/m1/s1. The predicted octanol–water partition coefficient (Wildman–Crippen LogP) is 5.10. The van der Waals surface area contributed by atoms with Crippen molar-refractivity contribution >= 4 is 19.8 Å². The summed E-state index contributed by atoms with van der Waals surface area (Å²) in [5.41, 5.74) is 0. The Balaban J connectivity index is 1.67. The Labute approximate surface area is 486 Å². The first-order valence-electron chi connectivity index (χ1n) is 31.0. The first-order chi connectivity index (χ1) is 39.4. The average Bonchev–Trinajstić information content (AvgIpc) is 3.50. The highest BCUT2D eigenvalue weighted by molar-refractivity contribution is 7.47. The van der Waals surface area contributed by atoms with Crippen molar-refractivity contribution in [3.63, 3.8) is 0 Å². The maximum Gasteiger partial charge on any atom is 0.472 e. The number of unbranched alkanes of at least 4 members (excludes halogenated alkanes) is 26. The van der Waals surface area contributed by atoms with Crippen LogP contribution in [-0.2, 0) is 51.6 Å². The summed E-state index contributed by atoms with van der Waals surface area (Å²) < 4.78 is 58.2. The van der Waals surface area contributed by atoms with Gasteiger partial charge in [-0.15, -0.1) is 0 Å². The summed E-state index contributed by atoms with van der Waals surface area (Å²) in [5, 5.41) is 117. The molecular weight excluding hydrogens is 1100 g/mol. The van der Waals surface area contributed by atoms with E-state index >= 15 is 0 Å². The molecule has 18 atom stereocenters. The monoisotopic (exact) mass is 1200 g/mol. The lowest BCUT2D eigenvalue weighted by molar-refractivity contribution is -0.360. The van der Waals surface area contributed by atoms with Crippen LogP contribution in [0.2, 0.25) is 0 Å². The van der Waals surface area contributed by atoms with Crippen LogP contribution in [0.25, 0.3) is 0 Å². The Morgan fingerprint density at radius 3 is 1.20 bits per heavy atom. The Morgan fingerprint density at radius 1 is 0.451 bits per heavy atom. The highest BCUT2D eigenvalue weighted by Crippen LogP contribution is 2.49. The maximum atomic E-state index is 14.0. The topological polar surface area (TPSA) is 368 Å². The van der Waals surface area contributed by atoms with E-state index in [0.29, 0.717) is 12.8 Å². The minimum Gasteiger partial charge on any atom is -0.462 e. The summed E-state index contributed by atoms with van der Waals surface area (Å²) in [5.74, 6) is -1.33. The van der Waals surface area contributed by atoms with Gasteiger partial charge in [-0.1, -0.05) is 174 Å². The molecule has 3 rings (SSSR count). The summed E-state index contributed by atoms with van der Waals surface area (Å²) in [4.78, 5) is 37.6. The second kappa shape index (κ2) is 42.9. The largest absolute Gasteiger partial charge is 0.472 e. The number of hydrogen-bond acceptors (Lipinski definition) is 22. The molecule has 82 heavy (non-hydrogen) atoms. The highest BCUT2D eigenvalue weighted by Gasteiger charge is 2.58. The molecule has 12 N–H and O–H groups in total. The van der Waals surface area contributed by atoms with E-state index in [2.05, 4.69) is 26.0 Å². The third-order valence-electron chi connectivity index (χ3n) is 15.6. The van der Waals surface area contributed by atoms with E-state index in [0.717, 1.165) is 64.2 Å². The molecule has 2 saturated heterocycles. The number of carbonyl (C=O) groups is 2. The molecular formula is C58H107O23P.